The Bertz CT molecular complexity index is 616. The number of anilines is 2. The Kier molecular flexibility index (Phi) is 4.24. The van der Waals surface area contributed by atoms with E-state index in [0.29, 0.717) is 5.00 Å². The van der Waals surface area contributed by atoms with Crippen molar-refractivity contribution in [3.8, 4) is 0 Å². The highest BCUT2D eigenvalue weighted by Gasteiger charge is 2.32. The maximum Gasteiger partial charge on any atom is 0.350 e. The van der Waals surface area contributed by atoms with Gasteiger partial charge in [0.2, 0.25) is 0 Å². The van der Waals surface area contributed by atoms with Crippen molar-refractivity contribution in [3.05, 3.63) is 4.88 Å². The molecule has 0 aromatic carbocycles. The highest BCUT2D eigenvalue weighted by molar-refractivity contribution is 7.92. The lowest BCUT2D eigenvalue weighted by molar-refractivity contribution is 0.0607. The van der Waals surface area contributed by atoms with Crippen LogP contribution in [0.25, 0.3) is 0 Å². The second-order valence-electron chi connectivity index (χ2n) is 4.57. The second-order valence-corrected chi connectivity index (χ2v) is 7.78. The van der Waals surface area contributed by atoms with E-state index in [2.05, 4.69) is 4.74 Å². The zero-order valence-electron chi connectivity index (χ0n) is 11.5. The van der Waals surface area contributed by atoms with Crippen LogP contribution in [0.4, 0.5) is 10.7 Å². The molecule has 1 aromatic heterocycles. The molecule has 0 unspecified atom stereocenters. The number of methoxy groups -OCH3 is 1. The summed E-state index contributed by atoms with van der Waals surface area (Å²) in [6.45, 7) is 3.14. The molecule has 20 heavy (non-hydrogen) atoms. The van der Waals surface area contributed by atoms with Crippen LogP contribution in [-0.2, 0) is 14.6 Å². The minimum Gasteiger partial charge on any atom is -0.465 e. The lowest BCUT2D eigenvalue weighted by atomic mass is 10.4. The molecule has 8 heteroatoms. The van der Waals surface area contributed by atoms with E-state index in [1.165, 1.54) is 7.11 Å². The number of ether oxygens (including phenoxy) is 1. The number of thiophene rings is 1. The van der Waals surface area contributed by atoms with Crippen LogP contribution in [0.15, 0.2) is 4.90 Å². The van der Waals surface area contributed by atoms with E-state index < -0.39 is 15.8 Å². The third kappa shape index (κ3) is 2.49. The Morgan fingerprint density at radius 1 is 1.40 bits per heavy atom. The number of sulfone groups is 1. The Balaban J connectivity index is 2.62. The van der Waals surface area contributed by atoms with Crippen LogP contribution in [0.1, 0.15) is 29.4 Å². The first kappa shape index (κ1) is 15.1. The van der Waals surface area contributed by atoms with Crippen LogP contribution < -0.4 is 10.6 Å². The Labute approximate surface area is 122 Å². The van der Waals surface area contributed by atoms with Crippen LogP contribution in [-0.4, -0.2) is 40.3 Å². The van der Waals surface area contributed by atoms with E-state index in [9.17, 15) is 13.2 Å². The molecule has 1 aliphatic heterocycles. The van der Waals surface area contributed by atoms with Crippen molar-refractivity contribution in [2.75, 3.05) is 36.6 Å². The molecule has 1 fully saturated rings. The van der Waals surface area contributed by atoms with Gasteiger partial charge >= 0.3 is 5.97 Å². The van der Waals surface area contributed by atoms with Crippen molar-refractivity contribution in [2.24, 2.45) is 0 Å². The molecular formula is C12H18N2O4S2. The molecule has 0 amide bonds. The topological polar surface area (TPSA) is 89.7 Å². The fourth-order valence-corrected chi connectivity index (χ4v) is 5.01. The SMILES string of the molecule is CCS(=O)(=O)c1c(N2CCCC2)sc(C(=O)OC)c1N. The third-order valence-electron chi connectivity index (χ3n) is 3.34. The number of carbonyl (C=O) groups excluding carboxylic acids is 1. The normalized spacial score (nSPS) is 15.6. The standard InChI is InChI=1S/C12H18N2O4S2/c1-3-20(16,17)10-8(13)9(12(15)18-2)19-11(10)14-6-4-5-7-14/h3-7,13H2,1-2H3. The lowest BCUT2D eigenvalue weighted by Crippen LogP contribution is -2.19. The first-order valence-corrected chi connectivity index (χ1v) is 8.87. The van der Waals surface area contributed by atoms with Crippen molar-refractivity contribution in [1.29, 1.82) is 0 Å². The van der Waals surface area contributed by atoms with Crippen molar-refractivity contribution in [2.45, 2.75) is 24.7 Å². The summed E-state index contributed by atoms with van der Waals surface area (Å²) in [6, 6.07) is 0. The number of carbonyl (C=O) groups is 1. The molecule has 0 saturated carbocycles. The summed E-state index contributed by atoms with van der Waals surface area (Å²) in [7, 11) is -2.23. The van der Waals surface area contributed by atoms with Crippen LogP contribution in [0.2, 0.25) is 0 Å². The van der Waals surface area contributed by atoms with Crippen molar-refractivity contribution < 1.29 is 17.9 Å². The Morgan fingerprint density at radius 3 is 2.50 bits per heavy atom. The number of nitrogens with two attached hydrogens (primary N) is 1. The van der Waals surface area contributed by atoms with Crippen LogP contribution >= 0.6 is 11.3 Å². The van der Waals surface area contributed by atoms with Gasteiger partial charge in [0.15, 0.2) is 9.84 Å². The van der Waals surface area contributed by atoms with Gasteiger partial charge in [-0.1, -0.05) is 6.92 Å². The number of nitrogens with zero attached hydrogens (tertiary/aromatic N) is 1. The van der Waals surface area contributed by atoms with Crippen molar-refractivity contribution >= 4 is 37.8 Å². The fraction of sp³-hybridized carbons (Fsp3) is 0.583. The summed E-state index contributed by atoms with van der Waals surface area (Å²) < 4.78 is 29.2. The molecule has 6 nitrogen and oxygen atoms in total. The molecule has 1 saturated heterocycles. The van der Waals surface area contributed by atoms with E-state index in [1.807, 2.05) is 4.90 Å². The predicted octanol–water partition coefficient (Wildman–Crippen LogP) is 1.51. The van der Waals surface area contributed by atoms with Crippen LogP contribution in [0.5, 0.6) is 0 Å². The highest BCUT2D eigenvalue weighted by atomic mass is 32.2. The summed E-state index contributed by atoms with van der Waals surface area (Å²) in [5.41, 5.74) is 5.93. The van der Waals surface area contributed by atoms with E-state index >= 15 is 0 Å². The number of nitrogen functional groups attached to an aromatic ring is 1. The van der Waals surface area contributed by atoms with Gasteiger partial charge in [-0.05, 0) is 12.8 Å². The highest BCUT2D eigenvalue weighted by Crippen LogP contribution is 2.43. The molecule has 0 radical (unpaired) electrons. The smallest absolute Gasteiger partial charge is 0.350 e. The van der Waals surface area contributed by atoms with Gasteiger partial charge in [0.25, 0.3) is 0 Å². The summed E-state index contributed by atoms with van der Waals surface area (Å²) in [6.07, 6.45) is 2.02. The van der Waals surface area contributed by atoms with Gasteiger partial charge in [0, 0.05) is 13.1 Å². The van der Waals surface area contributed by atoms with Gasteiger partial charge in [0.05, 0.1) is 18.6 Å². The summed E-state index contributed by atoms with van der Waals surface area (Å²) in [5, 5.41) is 0.572. The molecule has 0 atom stereocenters. The first-order valence-electron chi connectivity index (χ1n) is 6.40. The number of esters is 1. The van der Waals surface area contributed by atoms with Crippen molar-refractivity contribution in [1.82, 2.24) is 0 Å². The molecule has 1 aliphatic rings. The third-order valence-corrected chi connectivity index (χ3v) is 6.51. The number of rotatable bonds is 4. The zero-order valence-corrected chi connectivity index (χ0v) is 13.1. The lowest BCUT2D eigenvalue weighted by Gasteiger charge is -2.17. The Hall–Kier alpha value is -1.28. The molecule has 2 heterocycles. The number of hydrogen-bond acceptors (Lipinski definition) is 7. The maximum absolute atomic E-state index is 12.3. The summed E-state index contributed by atoms with van der Waals surface area (Å²) >= 11 is 1.11. The summed E-state index contributed by atoms with van der Waals surface area (Å²) in [4.78, 5) is 14.0. The van der Waals surface area contributed by atoms with Gasteiger partial charge in [-0.3, -0.25) is 0 Å². The quantitative estimate of drug-likeness (QED) is 0.846. The molecular weight excluding hydrogens is 300 g/mol. The molecule has 2 rings (SSSR count). The van der Waals surface area contributed by atoms with E-state index in [-0.39, 0.29) is 21.2 Å². The van der Waals surface area contributed by atoms with Crippen molar-refractivity contribution in [3.63, 3.8) is 0 Å². The molecule has 2 N–H and O–H groups in total. The molecule has 0 bridgehead atoms. The monoisotopic (exact) mass is 318 g/mol. The minimum atomic E-state index is -3.48. The predicted molar refractivity (Wildman–Crippen MR) is 79.2 cm³/mol. The zero-order chi connectivity index (χ0) is 14.9. The molecule has 1 aromatic rings. The minimum absolute atomic E-state index is 0.0191. The van der Waals surface area contributed by atoms with Gasteiger partial charge < -0.3 is 15.4 Å². The molecule has 0 spiro atoms. The largest absolute Gasteiger partial charge is 0.465 e. The second kappa shape index (κ2) is 5.61. The van der Waals surface area contributed by atoms with E-state index in [1.54, 1.807) is 6.92 Å². The van der Waals surface area contributed by atoms with Gasteiger partial charge in [-0.15, -0.1) is 11.3 Å². The average Bonchev–Trinajstić information content (AvgIpc) is 3.05. The first-order chi connectivity index (χ1) is 9.42. The van der Waals surface area contributed by atoms with Gasteiger partial charge in [-0.25, -0.2) is 13.2 Å². The van der Waals surface area contributed by atoms with Gasteiger partial charge in [-0.2, -0.15) is 0 Å². The average molecular weight is 318 g/mol. The maximum atomic E-state index is 12.3. The van der Waals surface area contributed by atoms with Crippen LogP contribution in [0.3, 0.4) is 0 Å². The van der Waals surface area contributed by atoms with Crippen LogP contribution in [0, 0.1) is 0 Å². The molecule has 112 valence electrons. The molecule has 0 aliphatic carbocycles. The van der Waals surface area contributed by atoms with Gasteiger partial charge in [0.1, 0.15) is 14.8 Å². The van der Waals surface area contributed by atoms with E-state index in [0.717, 1.165) is 37.3 Å². The fourth-order valence-electron chi connectivity index (χ4n) is 2.23. The van der Waals surface area contributed by atoms with E-state index in [4.69, 9.17) is 5.73 Å². The summed E-state index contributed by atoms with van der Waals surface area (Å²) in [5.74, 6) is -0.638. The number of hydrogen-bond donors (Lipinski definition) is 1. The Morgan fingerprint density at radius 2 is 2.00 bits per heavy atom.